The van der Waals surface area contributed by atoms with Crippen LogP contribution in [0.2, 0.25) is 0 Å². The largest absolute Gasteiger partial charge is 0.480 e. The van der Waals surface area contributed by atoms with Gasteiger partial charge in [-0.1, -0.05) is 0 Å². The monoisotopic (exact) mass is 212 g/mol. The molecule has 15 heavy (non-hydrogen) atoms. The molecule has 2 amide bonds. The molecule has 0 radical (unpaired) electrons. The summed E-state index contributed by atoms with van der Waals surface area (Å²) >= 11 is 0. The number of hydrogen-bond acceptors (Lipinski definition) is 2. The second kappa shape index (κ2) is 3.40. The van der Waals surface area contributed by atoms with Crippen LogP contribution in [-0.4, -0.2) is 52.1 Å². The van der Waals surface area contributed by atoms with E-state index < -0.39 is 11.5 Å². The van der Waals surface area contributed by atoms with E-state index in [4.69, 9.17) is 5.11 Å². The second-order valence-corrected chi connectivity index (χ2v) is 4.46. The maximum absolute atomic E-state index is 11.9. The minimum absolute atomic E-state index is 0.108. The molecule has 2 rings (SSSR count). The molecule has 5 nitrogen and oxygen atoms in total. The summed E-state index contributed by atoms with van der Waals surface area (Å²) in [5.41, 5.74) is -0.993. The first-order valence-corrected chi connectivity index (χ1v) is 5.35. The van der Waals surface area contributed by atoms with E-state index in [1.165, 1.54) is 4.90 Å². The molecule has 1 unspecified atom stereocenters. The lowest BCUT2D eigenvalue weighted by Crippen LogP contribution is -2.57. The van der Waals surface area contributed by atoms with Crippen LogP contribution in [0.25, 0.3) is 0 Å². The van der Waals surface area contributed by atoms with Gasteiger partial charge in [0.25, 0.3) is 0 Å². The molecule has 2 aliphatic heterocycles. The third-order valence-corrected chi connectivity index (χ3v) is 3.46. The Morgan fingerprint density at radius 3 is 2.33 bits per heavy atom. The average molecular weight is 212 g/mol. The van der Waals surface area contributed by atoms with Crippen LogP contribution in [0, 0.1) is 0 Å². The highest BCUT2D eigenvalue weighted by atomic mass is 16.4. The maximum atomic E-state index is 11.9. The number of hydrogen-bond donors (Lipinski definition) is 1. The summed E-state index contributed by atoms with van der Waals surface area (Å²) in [5.74, 6) is -0.895. The zero-order valence-electron chi connectivity index (χ0n) is 8.90. The molecule has 0 aromatic rings. The van der Waals surface area contributed by atoms with Crippen molar-refractivity contribution in [2.75, 3.05) is 19.6 Å². The Bertz CT molecular complexity index is 301. The lowest BCUT2D eigenvalue weighted by molar-refractivity contribution is -0.147. The van der Waals surface area contributed by atoms with E-state index in [-0.39, 0.29) is 6.03 Å². The molecule has 0 bridgehead atoms. The smallest absolute Gasteiger partial charge is 0.329 e. The standard InChI is InChI=1S/C10H16N2O3/c1-10(8(13)14)4-2-7-12(10)9(15)11-5-3-6-11/h2-7H2,1H3,(H,13,14). The predicted molar refractivity (Wildman–Crippen MR) is 53.6 cm³/mol. The third-order valence-electron chi connectivity index (χ3n) is 3.46. The number of amides is 2. The summed E-state index contributed by atoms with van der Waals surface area (Å²) in [6.45, 7) is 3.74. The van der Waals surface area contributed by atoms with Gasteiger partial charge in [-0.3, -0.25) is 0 Å². The van der Waals surface area contributed by atoms with Crippen molar-refractivity contribution < 1.29 is 14.7 Å². The molecular weight excluding hydrogens is 196 g/mol. The fourth-order valence-electron chi connectivity index (χ4n) is 2.17. The zero-order valence-corrected chi connectivity index (χ0v) is 8.90. The van der Waals surface area contributed by atoms with Crippen LogP contribution in [-0.2, 0) is 4.79 Å². The Morgan fingerprint density at radius 2 is 1.87 bits per heavy atom. The Balaban J connectivity index is 2.13. The molecule has 2 saturated heterocycles. The minimum atomic E-state index is -0.993. The highest BCUT2D eigenvalue weighted by Crippen LogP contribution is 2.31. The molecule has 2 aliphatic rings. The van der Waals surface area contributed by atoms with Crippen LogP contribution in [0.5, 0.6) is 0 Å². The number of carboxylic acids is 1. The summed E-state index contributed by atoms with van der Waals surface area (Å²) in [5, 5.41) is 9.15. The number of carboxylic acid groups (broad SMARTS) is 1. The van der Waals surface area contributed by atoms with Gasteiger partial charge in [0.15, 0.2) is 0 Å². The number of nitrogens with zero attached hydrogens (tertiary/aromatic N) is 2. The molecule has 1 atom stereocenters. The van der Waals surface area contributed by atoms with Gasteiger partial charge in [-0.25, -0.2) is 9.59 Å². The Morgan fingerprint density at radius 1 is 1.20 bits per heavy atom. The van der Waals surface area contributed by atoms with Crippen LogP contribution < -0.4 is 0 Å². The van der Waals surface area contributed by atoms with Gasteiger partial charge in [0, 0.05) is 19.6 Å². The van der Waals surface area contributed by atoms with Crippen molar-refractivity contribution in [3.05, 3.63) is 0 Å². The average Bonchev–Trinajstić information content (AvgIpc) is 2.45. The molecule has 0 aromatic heterocycles. The van der Waals surface area contributed by atoms with E-state index in [2.05, 4.69) is 0 Å². The summed E-state index contributed by atoms with van der Waals surface area (Å²) < 4.78 is 0. The summed E-state index contributed by atoms with van der Waals surface area (Å²) in [6.07, 6.45) is 2.37. The van der Waals surface area contributed by atoms with Crippen molar-refractivity contribution in [3.8, 4) is 0 Å². The van der Waals surface area contributed by atoms with Crippen molar-refractivity contribution >= 4 is 12.0 Å². The normalized spacial score (nSPS) is 30.2. The quantitative estimate of drug-likeness (QED) is 0.697. The van der Waals surface area contributed by atoms with E-state index in [0.29, 0.717) is 13.0 Å². The minimum Gasteiger partial charge on any atom is -0.480 e. The van der Waals surface area contributed by atoms with Gasteiger partial charge in [-0.05, 0) is 26.2 Å². The summed E-state index contributed by atoms with van der Waals surface area (Å²) in [6, 6.07) is -0.108. The fourth-order valence-corrected chi connectivity index (χ4v) is 2.17. The van der Waals surface area contributed by atoms with Crippen molar-refractivity contribution in [3.63, 3.8) is 0 Å². The van der Waals surface area contributed by atoms with E-state index >= 15 is 0 Å². The fraction of sp³-hybridized carbons (Fsp3) is 0.800. The van der Waals surface area contributed by atoms with Crippen molar-refractivity contribution in [2.45, 2.75) is 31.7 Å². The molecule has 0 aromatic carbocycles. The van der Waals surface area contributed by atoms with Gasteiger partial charge in [-0.2, -0.15) is 0 Å². The Hall–Kier alpha value is -1.26. The van der Waals surface area contributed by atoms with Gasteiger partial charge < -0.3 is 14.9 Å². The molecule has 1 N–H and O–H groups in total. The highest BCUT2D eigenvalue weighted by molar-refractivity contribution is 5.86. The summed E-state index contributed by atoms with van der Waals surface area (Å²) in [4.78, 5) is 26.3. The van der Waals surface area contributed by atoms with E-state index in [0.717, 1.165) is 25.9 Å². The number of urea groups is 1. The number of likely N-dealkylation sites (tertiary alicyclic amines) is 2. The number of rotatable bonds is 1. The van der Waals surface area contributed by atoms with Crippen LogP contribution in [0.4, 0.5) is 4.79 Å². The Labute approximate surface area is 88.6 Å². The predicted octanol–water partition coefficient (Wildman–Crippen LogP) is 0.751. The van der Waals surface area contributed by atoms with Gasteiger partial charge in [0.1, 0.15) is 5.54 Å². The van der Waals surface area contributed by atoms with Crippen molar-refractivity contribution in [1.29, 1.82) is 0 Å². The molecule has 5 heteroatoms. The molecule has 2 fully saturated rings. The van der Waals surface area contributed by atoms with Gasteiger partial charge in [0.05, 0.1) is 0 Å². The van der Waals surface area contributed by atoms with E-state index in [9.17, 15) is 9.59 Å². The first-order chi connectivity index (χ1) is 7.05. The van der Waals surface area contributed by atoms with Crippen LogP contribution >= 0.6 is 0 Å². The first-order valence-electron chi connectivity index (χ1n) is 5.35. The number of carbonyl (C=O) groups is 2. The van der Waals surface area contributed by atoms with E-state index in [1.54, 1.807) is 11.8 Å². The Kier molecular flexibility index (Phi) is 2.32. The SMILES string of the molecule is CC1(C(=O)O)CCCN1C(=O)N1CCC1. The third kappa shape index (κ3) is 1.46. The van der Waals surface area contributed by atoms with Crippen molar-refractivity contribution in [2.24, 2.45) is 0 Å². The van der Waals surface area contributed by atoms with Gasteiger partial charge in [0.2, 0.25) is 0 Å². The number of carbonyl (C=O) groups excluding carboxylic acids is 1. The highest BCUT2D eigenvalue weighted by Gasteiger charge is 2.47. The van der Waals surface area contributed by atoms with Crippen LogP contribution in [0.1, 0.15) is 26.2 Å². The molecular formula is C10H16N2O3. The van der Waals surface area contributed by atoms with Crippen LogP contribution in [0.15, 0.2) is 0 Å². The van der Waals surface area contributed by atoms with Gasteiger partial charge >= 0.3 is 12.0 Å². The lowest BCUT2D eigenvalue weighted by Gasteiger charge is -2.39. The first kappa shape index (κ1) is 10.3. The lowest BCUT2D eigenvalue weighted by atomic mass is 9.99. The molecule has 0 aliphatic carbocycles. The molecule has 0 spiro atoms. The maximum Gasteiger partial charge on any atom is 0.329 e. The van der Waals surface area contributed by atoms with E-state index in [1.807, 2.05) is 0 Å². The molecule has 0 saturated carbocycles. The second-order valence-electron chi connectivity index (χ2n) is 4.46. The number of aliphatic carboxylic acids is 1. The zero-order chi connectivity index (χ0) is 11.1. The molecule has 2 heterocycles. The molecule has 84 valence electrons. The van der Waals surface area contributed by atoms with Gasteiger partial charge in [-0.15, -0.1) is 0 Å². The summed E-state index contributed by atoms with van der Waals surface area (Å²) in [7, 11) is 0. The van der Waals surface area contributed by atoms with Crippen molar-refractivity contribution in [1.82, 2.24) is 9.80 Å². The van der Waals surface area contributed by atoms with Crippen LogP contribution in [0.3, 0.4) is 0 Å². The topological polar surface area (TPSA) is 60.9 Å².